The summed E-state index contributed by atoms with van der Waals surface area (Å²) in [5.74, 6) is 1.77. The van der Waals surface area contributed by atoms with E-state index in [-0.39, 0.29) is 5.41 Å². The Labute approximate surface area is 95.8 Å². The van der Waals surface area contributed by atoms with Gasteiger partial charge in [0.1, 0.15) is 5.82 Å². The van der Waals surface area contributed by atoms with Gasteiger partial charge < -0.3 is 0 Å². The monoisotopic (exact) mass is 227 g/mol. The molecule has 84 valence electrons. The molecule has 1 heterocycles. The quantitative estimate of drug-likeness (QED) is 0.777. The molecule has 2 rings (SSSR count). The van der Waals surface area contributed by atoms with Gasteiger partial charge in [-0.05, 0) is 23.9 Å². The van der Waals surface area contributed by atoms with Crippen molar-refractivity contribution in [1.29, 1.82) is 0 Å². The average Bonchev–Trinajstić information content (AvgIpc) is 2.80. The Balaban J connectivity index is 2.34. The van der Waals surface area contributed by atoms with Crippen LogP contribution in [0.2, 0.25) is 5.28 Å². The lowest BCUT2D eigenvalue weighted by atomic mass is 9.95. The number of aromatic nitrogens is 3. The summed E-state index contributed by atoms with van der Waals surface area (Å²) in [6.07, 6.45) is 2.43. The minimum absolute atomic E-state index is 0.0149. The number of nitrogens with zero attached hydrogens (tertiary/aromatic N) is 3. The minimum Gasteiger partial charge on any atom is -0.298 e. The number of halogens is 1. The second-order valence-electron chi connectivity index (χ2n) is 5.38. The van der Waals surface area contributed by atoms with Gasteiger partial charge in [0.25, 0.3) is 0 Å². The summed E-state index contributed by atoms with van der Waals surface area (Å²) in [4.78, 5) is 0. The Bertz CT molecular complexity index is 364. The van der Waals surface area contributed by atoms with Crippen molar-refractivity contribution in [2.75, 3.05) is 0 Å². The van der Waals surface area contributed by atoms with Crippen molar-refractivity contribution in [2.45, 2.75) is 52.0 Å². The predicted octanol–water partition coefficient (Wildman–Crippen LogP) is 3.20. The third-order valence-corrected chi connectivity index (χ3v) is 3.32. The molecule has 0 aromatic carbocycles. The van der Waals surface area contributed by atoms with E-state index in [1.165, 1.54) is 12.8 Å². The molecular weight excluding hydrogens is 210 g/mol. The zero-order chi connectivity index (χ0) is 11.2. The first-order valence-corrected chi connectivity index (χ1v) is 5.93. The zero-order valence-electron chi connectivity index (χ0n) is 9.79. The van der Waals surface area contributed by atoms with Gasteiger partial charge in [-0.15, -0.1) is 10.2 Å². The average molecular weight is 228 g/mol. The van der Waals surface area contributed by atoms with Gasteiger partial charge in [0.15, 0.2) is 0 Å². The molecule has 1 aromatic rings. The molecule has 0 amide bonds. The van der Waals surface area contributed by atoms with Crippen molar-refractivity contribution in [3.05, 3.63) is 11.1 Å². The highest BCUT2D eigenvalue weighted by Gasteiger charge is 2.41. The van der Waals surface area contributed by atoms with Crippen LogP contribution in [0.4, 0.5) is 0 Å². The van der Waals surface area contributed by atoms with Crippen molar-refractivity contribution >= 4 is 11.6 Å². The fourth-order valence-electron chi connectivity index (χ4n) is 2.06. The van der Waals surface area contributed by atoms with Gasteiger partial charge in [-0.2, -0.15) is 0 Å². The maximum absolute atomic E-state index is 6.10. The molecule has 0 aliphatic heterocycles. The molecule has 0 N–H and O–H groups in total. The number of rotatable bonds is 2. The van der Waals surface area contributed by atoms with E-state index in [0.29, 0.717) is 11.3 Å². The summed E-state index contributed by atoms with van der Waals surface area (Å²) in [6, 6.07) is 0.534. The van der Waals surface area contributed by atoms with Crippen LogP contribution in [0, 0.1) is 5.92 Å². The van der Waals surface area contributed by atoms with Crippen molar-refractivity contribution in [2.24, 2.45) is 5.92 Å². The summed E-state index contributed by atoms with van der Waals surface area (Å²) >= 11 is 6.10. The van der Waals surface area contributed by atoms with E-state index in [2.05, 4.69) is 42.5 Å². The van der Waals surface area contributed by atoms with Crippen LogP contribution < -0.4 is 0 Å². The van der Waals surface area contributed by atoms with Crippen LogP contribution in [-0.2, 0) is 5.41 Å². The van der Waals surface area contributed by atoms with Gasteiger partial charge in [-0.3, -0.25) is 4.57 Å². The molecular formula is C11H18ClN3. The molecule has 1 aromatic heterocycles. The van der Waals surface area contributed by atoms with Crippen molar-refractivity contribution in [1.82, 2.24) is 14.8 Å². The van der Waals surface area contributed by atoms with E-state index in [0.717, 1.165) is 11.7 Å². The Kier molecular flexibility index (Phi) is 2.53. The number of hydrogen-bond donors (Lipinski definition) is 0. The molecule has 2 unspecified atom stereocenters. The first-order chi connectivity index (χ1) is 6.95. The highest BCUT2D eigenvalue weighted by Crippen LogP contribution is 2.48. The molecule has 0 bridgehead atoms. The van der Waals surface area contributed by atoms with E-state index < -0.39 is 0 Å². The molecule has 0 saturated heterocycles. The summed E-state index contributed by atoms with van der Waals surface area (Å²) < 4.78 is 2.12. The molecule has 1 fully saturated rings. The highest BCUT2D eigenvalue weighted by atomic mass is 35.5. The molecule has 4 heteroatoms. The molecule has 1 aliphatic rings. The molecule has 3 nitrogen and oxygen atoms in total. The summed E-state index contributed by atoms with van der Waals surface area (Å²) in [5.41, 5.74) is 0.0149. The Hall–Kier alpha value is -0.570. The van der Waals surface area contributed by atoms with Crippen LogP contribution in [0.25, 0.3) is 0 Å². The van der Waals surface area contributed by atoms with Gasteiger partial charge in [0.05, 0.1) is 0 Å². The van der Waals surface area contributed by atoms with Crippen molar-refractivity contribution in [3.8, 4) is 0 Å². The second kappa shape index (κ2) is 3.48. The first kappa shape index (κ1) is 10.9. The second-order valence-corrected chi connectivity index (χ2v) is 5.72. The van der Waals surface area contributed by atoms with E-state index >= 15 is 0 Å². The zero-order valence-corrected chi connectivity index (χ0v) is 10.5. The number of hydrogen-bond acceptors (Lipinski definition) is 2. The smallest absolute Gasteiger partial charge is 0.225 e. The highest BCUT2D eigenvalue weighted by molar-refractivity contribution is 6.28. The summed E-state index contributed by atoms with van der Waals surface area (Å²) in [7, 11) is 0. The minimum atomic E-state index is 0.0149. The van der Waals surface area contributed by atoms with Gasteiger partial charge in [-0.25, -0.2) is 0 Å². The molecule has 2 atom stereocenters. The van der Waals surface area contributed by atoms with Crippen LogP contribution in [0.5, 0.6) is 0 Å². The maximum atomic E-state index is 6.10. The standard InChI is InChI=1S/C11H18ClN3/c1-5-7-6-8(7)15-9(11(2,3)4)13-14-10(15)12/h7-8H,5-6H2,1-4H3. The third kappa shape index (κ3) is 1.89. The van der Waals surface area contributed by atoms with Crippen LogP contribution in [-0.4, -0.2) is 14.8 Å². The van der Waals surface area contributed by atoms with Gasteiger partial charge in [-0.1, -0.05) is 34.1 Å². The first-order valence-electron chi connectivity index (χ1n) is 5.56. The van der Waals surface area contributed by atoms with Crippen LogP contribution in [0.15, 0.2) is 0 Å². The Morgan fingerprint density at radius 2 is 2.07 bits per heavy atom. The van der Waals surface area contributed by atoms with Gasteiger partial charge in [0.2, 0.25) is 5.28 Å². The largest absolute Gasteiger partial charge is 0.298 e. The molecule has 1 aliphatic carbocycles. The van der Waals surface area contributed by atoms with E-state index in [9.17, 15) is 0 Å². The SMILES string of the molecule is CCC1CC1n1c(Cl)nnc1C(C)(C)C. The Morgan fingerprint density at radius 1 is 1.40 bits per heavy atom. The molecule has 15 heavy (non-hydrogen) atoms. The van der Waals surface area contributed by atoms with E-state index in [1.54, 1.807) is 0 Å². The van der Waals surface area contributed by atoms with Gasteiger partial charge in [0, 0.05) is 11.5 Å². The molecule has 1 saturated carbocycles. The third-order valence-electron chi connectivity index (χ3n) is 3.07. The lowest BCUT2D eigenvalue weighted by molar-refractivity contribution is 0.489. The van der Waals surface area contributed by atoms with E-state index in [4.69, 9.17) is 11.6 Å². The predicted molar refractivity (Wildman–Crippen MR) is 61.2 cm³/mol. The topological polar surface area (TPSA) is 30.7 Å². The van der Waals surface area contributed by atoms with Crippen LogP contribution in [0.3, 0.4) is 0 Å². The molecule has 0 spiro atoms. The summed E-state index contributed by atoms with van der Waals surface area (Å²) in [5, 5.41) is 8.73. The van der Waals surface area contributed by atoms with Crippen LogP contribution in [0.1, 0.15) is 52.4 Å². The maximum Gasteiger partial charge on any atom is 0.225 e. The molecule has 0 radical (unpaired) electrons. The van der Waals surface area contributed by atoms with E-state index in [1.807, 2.05) is 0 Å². The fourth-order valence-corrected chi connectivity index (χ4v) is 2.31. The van der Waals surface area contributed by atoms with Crippen molar-refractivity contribution in [3.63, 3.8) is 0 Å². The lowest BCUT2D eigenvalue weighted by Gasteiger charge is -2.19. The normalized spacial score (nSPS) is 25.7. The van der Waals surface area contributed by atoms with Gasteiger partial charge >= 0.3 is 0 Å². The van der Waals surface area contributed by atoms with Crippen LogP contribution >= 0.6 is 11.6 Å². The summed E-state index contributed by atoms with van der Waals surface area (Å²) in [6.45, 7) is 8.66. The Morgan fingerprint density at radius 3 is 2.53 bits per heavy atom. The fraction of sp³-hybridized carbons (Fsp3) is 0.818. The van der Waals surface area contributed by atoms with Crippen molar-refractivity contribution < 1.29 is 0 Å². The lowest BCUT2D eigenvalue weighted by Crippen LogP contribution is -2.19.